The molecule has 1 atom stereocenters. The van der Waals surface area contributed by atoms with Crippen LogP contribution in [0.5, 0.6) is 5.75 Å². The second kappa shape index (κ2) is 6.22. The van der Waals surface area contributed by atoms with E-state index in [1.165, 1.54) is 18.2 Å². The van der Waals surface area contributed by atoms with Gasteiger partial charge in [0.2, 0.25) is 0 Å². The zero-order valence-corrected chi connectivity index (χ0v) is 12.9. The summed E-state index contributed by atoms with van der Waals surface area (Å²) in [5.41, 5.74) is 7.54. The maximum atomic E-state index is 13.4. The molecule has 2 aromatic carbocycles. The van der Waals surface area contributed by atoms with Crippen LogP contribution in [0.1, 0.15) is 28.3 Å². The monoisotopic (exact) mass is 365 g/mol. The van der Waals surface area contributed by atoms with E-state index in [4.69, 9.17) is 5.73 Å². The molecule has 24 heavy (non-hydrogen) atoms. The van der Waals surface area contributed by atoms with Crippen LogP contribution in [-0.2, 0) is 12.3 Å². The summed E-state index contributed by atoms with van der Waals surface area (Å²) in [4.78, 5) is 0. The molecule has 2 N–H and O–H groups in total. The lowest BCUT2D eigenvalue weighted by Gasteiger charge is -2.30. The van der Waals surface area contributed by atoms with Crippen LogP contribution in [0.3, 0.4) is 0 Å². The van der Waals surface area contributed by atoms with Crippen LogP contribution in [0.2, 0.25) is 0 Å². The SMILES string of the molecule is Cl.NC(c1ccc(OC(F)(F)F)cc1)c1ccc2c(c1)C(F)(F)C2. The molecule has 3 rings (SSSR count). The average molecular weight is 366 g/mol. The van der Waals surface area contributed by atoms with Crippen molar-refractivity contribution in [3.8, 4) is 5.75 Å². The van der Waals surface area contributed by atoms with Crippen molar-refractivity contribution in [2.45, 2.75) is 24.7 Å². The largest absolute Gasteiger partial charge is 0.573 e. The number of fused-ring (bicyclic) bond motifs is 1. The van der Waals surface area contributed by atoms with Crippen LogP contribution in [0, 0.1) is 0 Å². The van der Waals surface area contributed by atoms with Gasteiger partial charge in [0.15, 0.2) is 0 Å². The minimum Gasteiger partial charge on any atom is -0.406 e. The second-order valence-corrected chi connectivity index (χ2v) is 5.39. The van der Waals surface area contributed by atoms with E-state index in [9.17, 15) is 22.0 Å². The van der Waals surface area contributed by atoms with Crippen LogP contribution in [0.4, 0.5) is 22.0 Å². The standard InChI is InChI=1S/C16H12F5NO.ClH/c17-15(18)8-11-2-1-10(7-13(11)15)14(22)9-3-5-12(6-4-9)23-16(19,20)21;/h1-7,14H,8,22H2;1H. The van der Waals surface area contributed by atoms with Crippen molar-refractivity contribution in [1.82, 2.24) is 0 Å². The number of hydrogen-bond donors (Lipinski definition) is 1. The van der Waals surface area contributed by atoms with Crippen LogP contribution < -0.4 is 10.5 Å². The Hall–Kier alpha value is -1.86. The molecule has 1 aliphatic rings. The Morgan fingerprint density at radius 1 is 1.00 bits per heavy atom. The number of ether oxygens (including phenoxy) is 1. The summed E-state index contributed by atoms with van der Waals surface area (Å²) in [6.45, 7) is 0. The Kier molecular flexibility index (Phi) is 4.79. The highest BCUT2D eigenvalue weighted by atomic mass is 35.5. The first kappa shape index (κ1) is 18.5. The van der Waals surface area contributed by atoms with Crippen LogP contribution in [0.15, 0.2) is 42.5 Å². The molecule has 0 aliphatic heterocycles. The zero-order valence-electron chi connectivity index (χ0n) is 12.1. The number of nitrogens with two attached hydrogens (primary N) is 1. The van der Waals surface area contributed by atoms with Crippen molar-refractivity contribution in [3.05, 3.63) is 64.7 Å². The quantitative estimate of drug-likeness (QED) is 0.800. The van der Waals surface area contributed by atoms with E-state index in [2.05, 4.69) is 4.74 Å². The lowest BCUT2D eigenvalue weighted by atomic mass is 9.82. The van der Waals surface area contributed by atoms with Gasteiger partial charge in [-0.1, -0.05) is 24.3 Å². The van der Waals surface area contributed by atoms with Crippen molar-refractivity contribution in [3.63, 3.8) is 0 Å². The smallest absolute Gasteiger partial charge is 0.406 e. The molecular weight excluding hydrogens is 353 g/mol. The number of hydrogen-bond acceptors (Lipinski definition) is 2. The maximum Gasteiger partial charge on any atom is 0.573 e. The summed E-state index contributed by atoms with van der Waals surface area (Å²) in [6, 6.07) is 8.92. The van der Waals surface area contributed by atoms with E-state index in [0.717, 1.165) is 12.1 Å². The predicted octanol–water partition coefficient (Wildman–Crippen LogP) is 4.70. The van der Waals surface area contributed by atoms with Crippen molar-refractivity contribution in [1.29, 1.82) is 0 Å². The first-order valence-corrected chi connectivity index (χ1v) is 6.78. The fourth-order valence-corrected chi connectivity index (χ4v) is 2.58. The number of alkyl halides is 5. The Labute approximate surface area is 140 Å². The van der Waals surface area contributed by atoms with Gasteiger partial charge in [0.1, 0.15) is 5.75 Å². The molecule has 0 spiro atoms. The average Bonchev–Trinajstić information content (AvgIpc) is 2.45. The van der Waals surface area contributed by atoms with Gasteiger partial charge >= 0.3 is 6.36 Å². The molecular formula is C16H13ClF5NO. The highest BCUT2D eigenvalue weighted by molar-refractivity contribution is 5.85. The van der Waals surface area contributed by atoms with E-state index < -0.39 is 18.3 Å². The summed E-state index contributed by atoms with van der Waals surface area (Å²) in [6.07, 6.45) is -5.04. The molecule has 0 bridgehead atoms. The molecule has 0 saturated heterocycles. The lowest BCUT2D eigenvalue weighted by Crippen LogP contribution is -2.30. The lowest BCUT2D eigenvalue weighted by molar-refractivity contribution is -0.274. The van der Waals surface area contributed by atoms with Crippen molar-refractivity contribution in [2.24, 2.45) is 5.73 Å². The van der Waals surface area contributed by atoms with Gasteiger partial charge in [-0.25, -0.2) is 8.78 Å². The molecule has 0 saturated carbocycles. The van der Waals surface area contributed by atoms with E-state index in [-0.39, 0.29) is 30.1 Å². The Morgan fingerprint density at radius 3 is 2.12 bits per heavy atom. The first-order valence-electron chi connectivity index (χ1n) is 6.78. The number of rotatable bonds is 3. The minimum atomic E-state index is -4.77. The highest BCUT2D eigenvalue weighted by Crippen LogP contribution is 2.44. The van der Waals surface area contributed by atoms with Crippen molar-refractivity contribution in [2.75, 3.05) is 0 Å². The topological polar surface area (TPSA) is 35.2 Å². The molecule has 0 heterocycles. The summed E-state index contributed by atoms with van der Waals surface area (Å²) in [5.74, 6) is -3.20. The second-order valence-electron chi connectivity index (χ2n) is 5.39. The van der Waals surface area contributed by atoms with E-state index in [1.807, 2.05) is 0 Å². The molecule has 0 fully saturated rings. The first-order chi connectivity index (χ1) is 10.7. The normalized spacial score (nSPS) is 16.4. The van der Waals surface area contributed by atoms with Gasteiger partial charge in [-0.3, -0.25) is 0 Å². The third-order valence-electron chi connectivity index (χ3n) is 3.77. The van der Waals surface area contributed by atoms with E-state index in [0.29, 0.717) is 16.7 Å². The fourth-order valence-electron chi connectivity index (χ4n) is 2.58. The van der Waals surface area contributed by atoms with Crippen molar-refractivity contribution >= 4 is 12.4 Å². The predicted molar refractivity (Wildman–Crippen MR) is 80.4 cm³/mol. The van der Waals surface area contributed by atoms with Crippen LogP contribution in [-0.4, -0.2) is 6.36 Å². The number of halogens is 6. The molecule has 0 aromatic heterocycles. The molecule has 2 aromatic rings. The van der Waals surface area contributed by atoms with Crippen molar-refractivity contribution < 1.29 is 26.7 Å². The number of benzene rings is 2. The summed E-state index contributed by atoms with van der Waals surface area (Å²) < 4.78 is 66.9. The van der Waals surface area contributed by atoms with E-state index >= 15 is 0 Å². The Bertz CT molecular complexity index is 730. The molecule has 1 unspecified atom stereocenters. The van der Waals surface area contributed by atoms with Gasteiger partial charge in [-0.05, 0) is 34.9 Å². The van der Waals surface area contributed by atoms with E-state index in [1.54, 1.807) is 12.1 Å². The molecule has 2 nitrogen and oxygen atoms in total. The molecule has 0 amide bonds. The van der Waals surface area contributed by atoms with Gasteiger partial charge in [0.05, 0.1) is 6.04 Å². The molecule has 8 heteroatoms. The van der Waals surface area contributed by atoms with Gasteiger partial charge < -0.3 is 10.5 Å². The Morgan fingerprint density at radius 2 is 1.58 bits per heavy atom. The summed E-state index contributed by atoms with van der Waals surface area (Å²) >= 11 is 0. The van der Waals surface area contributed by atoms with Crippen LogP contribution in [0.25, 0.3) is 0 Å². The van der Waals surface area contributed by atoms with Crippen LogP contribution >= 0.6 is 12.4 Å². The third-order valence-corrected chi connectivity index (χ3v) is 3.77. The van der Waals surface area contributed by atoms with Gasteiger partial charge in [0.25, 0.3) is 5.92 Å². The summed E-state index contributed by atoms with van der Waals surface area (Å²) in [5, 5.41) is 0. The molecule has 0 radical (unpaired) electrons. The fraction of sp³-hybridized carbons (Fsp3) is 0.250. The minimum absolute atomic E-state index is 0. The summed E-state index contributed by atoms with van der Waals surface area (Å²) in [7, 11) is 0. The maximum absolute atomic E-state index is 13.4. The van der Waals surface area contributed by atoms with Gasteiger partial charge in [-0.2, -0.15) is 0 Å². The zero-order chi connectivity index (χ0) is 16.8. The van der Waals surface area contributed by atoms with Gasteiger partial charge in [0, 0.05) is 12.0 Å². The highest BCUT2D eigenvalue weighted by Gasteiger charge is 2.43. The molecule has 130 valence electrons. The molecule has 1 aliphatic carbocycles. The van der Waals surface area contributed by atoms with Gasteiger partial charge in [-0.15, -0.1) is 25.6 Å². The Balaban J connectivity index is 0.00000208. The third kappa shape index (κ3) is 3.62.